The summed E-state index contributed by atoms with van der Waals surface area (Å²) in [6.45, 7) is 0. The lowest BCUT2D eigenvalue weighted by Gasteiger charge is -2.09. The van der Waals surface area contributed by atoms with Crippen LogP contribution in [0.2, 0.25) is 0 Å². The van der Waals surface area contributed by atoms with Gasteiger partial charge in [0.2, 0.25) is 5.90 Å². The summed E-state index contributed by atoms with van der Waals surface area (Å²) >= 11 is 0. The van der Waals surface area contributed by atoms with E-state index in [9.17, 15) is 0 Å². The van der Waals surface area contributed by atoms with E-state index in [1.54, 1.807) is 7.11 Å². The maximum absolute atomic E-state index is 5.26. The first kappa shape index (κ1) is 9.77. The van der Waals surface area contributed by atoms with Gasteiger partial charge in [0.05, 0.1) is 18.4 Å². The third-order valence-corrected chi connectivity index (χ3v) is 2.23. The van der Waals surface area contributed by atoms with Gasteiger partial charge in [-0.25, -0.2) is 4.99 Å². The first-order valence-electron chi connectivity index (χ1n) is 4.83. The summed E-state index contributed by atoms with van der Waals surface area (Å²) in [5.41, 5.74) is 3.14. The SMILES string of the molecule is COC1=Nc2ccccc2C1=CN(C)C. The van der Waals surface area contributed by atoms with Crippen molar-refractivity contribution in [3.63, 3.8) is 0 Å². The van der Waals surface area contributed by atoms with Crippen LogP contribution < -0.4 is 0 Å². The van der Waals surface area contributed by atoms with Gasteiger partial charge in [0.25, 0.3) is 0 Å². The van der Waals surface area contributed by atoms with E-state index in [4.69, 9.17) is 4.74 Å². The fourth-order valence-corrected chi connectivity index (χ4v) is 1.62. The molecular formula is C12H14N2O. The zero-order valence-corrected chi connectivity index (χ0v) is 9.19. The van der Waals surface area contributed by atoms with Crippen LogP contribution in [0, 0.1) is 0 Å². The third-order valence-electron chi connectivity index (χ3n) is 2.23. The van der Waals surface area contributed by atoms with Crippen LogP contribution >= 0.6 is 0 Å². The third kappa shape index (κ3) is 1.73. The molecule has 1 aromatic rings. The molecule has 0 spiro atoms. The topological polar surface area (TPSA) is 24.8 Å². The highest BCUT2D eigenvalue weighted by atomic mass is 16.5. The Morgan fingerprint density at radius 1 is 1.27 bits per heavy atom. The molecular weight excluding hydrogens is 188 g/mol. The van der Waals surface area contributed by atoms with Crippen molar-refractivity contribution in [2.24, 2.45) is 4.99 Å². The van der Waals surface area contributed by atoms with E-state index in [1.165, 1.54) is 0 Å². The van der Waals surface area contributed by atoms with Gasteiger partial charge in [-0.15, -0.1) is 0 Å². The van der Waals surface area contributed by atoms with E-state index in [0.717, 1.165) is 16.8 Å². The van der Waals surface area contributed by atoms with E-state index in [1.807, 2.05) is 43.4 Å². The van der Waals surface area contributed by atoms with Crippen LogP contribution in [0.5, 0.6) is 0 Å². The number of ether oxygens (including phenoxy) is 1. The van der Waals surface area contributed by atoms with E-state index < -0.39 is 0 Å². The van der Waals surface area contributed by atoms with Crippen molar-refractivity contribution in [1.82, 2.24) is 4.90 Å². The van der Waals surface area contributed by atoms with Crippen LogP contribution in [0.1, 0.15) is 5.56 Å². The fraction of sp³-hybridized carbons (Fsp3) is 0.250. The molecule has 0 atom stereocenters. The van der Waals surface area contributed by atoms with Gasteiger partial charge in [-0.2, -0.15) is 0 Å². The summed E-state index contributed by atoms with van der Waals surface area (Å²) < 4.78 is 5.26. The first-order chi connectivity index (χ1) is 7.22. The zero-order chi connectivity index (χ0) is 10.8. The first-order valence-corrected chi connectivity index (χ1v) is 4.83. The second kappa shape index (κ2) is 3.77. The van der Waals surface area contributed by atoms with Crippen LogP contribution in [0.15, 0.2) is 35.5 Å². The summed E-state index contributed by atoms with van der Waals surface area (Å²) in [5.74, 6) is 0.685. The minimum atomic E-state index is 0.685. The second-order valence-electron chi connectivity index (χ2n) is 3.64. The van der Waals surface area contributed by atoms with E-state index in [2.05, 4.69) is 11.1 Å². The Kier molecular flexibility index (Phi) is 2.46. The second-order valence-corrected chi connectivity index (χ2v) is 3.64. The Morgan fingerprint density at radius 2 is 2.00 bits per heavy atom. The predicted octanol–water partition coefficient (Wildman–Crippen LogP) is 2.28. The van der Waals surface area contributed by atoms with Crippen molar-refractivity contribution < 1.29 is 4.74 Å². The summed E-state index contributed by atoms with van der Waals surface area (Å²) in [5, 5.41) is 0. The fourth-order valence-electron chi connectivity index (χ4n) is 1.62. The van der Waals surface area contributed by atoms with Crippen LogP contribution in [-0.2, 0) is 4.74 Å². The largest absolute Gasteiger partial charge is 0.480 e. The molecule has 3 heteroatoms. The van der Waals surface area contributed by atoms with E-state index in [0.29, 0.717) is 5.90 Å². The van der Waals surface area contributed by atoms with Crippen LogP contribution in [-0.4, -0.2) is 32.0 Å². The molecule has 15 heavy (non-hydrogen) atoms. The highest BCUT2D eigenvalue weighted by Crippen LogP contribution is 2.34. The maximum atomic E-state index is 5.26. The number of aliphatic imine (C=N–C) groups is 1. The maximum Gasteiger partial charge on any atom is 0.223 e. The predicted molar refractivity (Wildman–Crippen MR) is 62.2 cm³/mol. The Labute approximate surface area is 89.7 Å². The average Bonchev–Trinajstić information content (AvgIpc) is 2.56. The minimum absolute atomic E-state index is 0.685. The Balaban J connectivity index is 2.50. The molecule has 1 aliphatic heterocycles. The highest BCUT2D eigenvalue weighted by Gasteiger charge is 2.20. The van der Waals surface area contributed by atoms with Crippen molar-refractivity contribution in [2.45, 2.75) is 0 Å². The molecule has 1 aromatic carbocycles. The summed E-state index contributed by atoms with van der Waals surface area (Å²) in [6, 6.07) is 8.04. The molecule has 2 rings (SSSR count). The average molecular weight is 202 g/mol. The molecule has 78 valence electrons. The number of benzene rings is 1. The molecule has 1 heterocycles. The molecule has 0 N–H and O–H groups in total. The van der Waals surface area contributed by atoms with Gasteiger partial charge in [0, 0.05) is 25.9 Å². The number of nitrogens with zero attached hydrogens (tertiary/aromatic N) is 2. The van der Waals surface area contributed by atoms with Crippen molar-refractivity contribution >= 4 is 17.2 Å². The molecule has 0 aromatic heterocycles. The monoisotopic (exact) mass is 202 g/mol. The van der Waals surface area contributed by atoms with Gasteiger partial charge in [-0.05, 0) is 6.07 Å². The smallest absolute Gasteiger partial charge is 0.223 e. The number of hydrogen-bond acceptors (Lipinski definition) is 3. The molecule has 0 amide bonds. The summed E-state index contributed by atoms with van der Waals surface area (Å²) in [7, 11) is 5.62. The standard InChI is InChI=1S/C12H14N2O/c1-14(2)8-10-9-6-4-5-7-11(9)13-12(10)15-3/h4-8H,1-3H3. The molecule has 0 radical (unpaired) electrons. The van der Waals surface area contributed by atoms with Crippen molar-refractivity contribution in [3.8, 4) is 0 Å². The van der Waals surface area contributed by atoms with Crippen molar-refractivity contribution in [3.05, 3.63) is 36.0 Å². The highest BCUT2D eigenvalue weighted by molar-refractivity contribution is 6.24. The normalized spacial score (nSPS) is 16.2. The molecule has 0 unspecified atom stereocenters. The number of rotatable bonds is 1. The lowest BCUT2D eigenvalue weighted by Crippen LogP contribution is -2.07. The summed E-state index contributed by atoms with van der Waals surface area (Å²) in [6.07, 6.45) is 2.02. The van der Waals surface area contributed by atoms with Gasteiger partial charge in [0.15, 0.2) is 0 Å². The van der Waals surface area contributed by atoms with Crippen molar-refractivity contribution in [2.75, 3.05) is 21.2 Å². The molecule has 0 fully saturated rings. The molecule has 0 saturated carbocycles. The summed E-state index contributed by atoms with van der Waals surface area (Å²) in [4.78, 5) is 6.40. The van der Waals surface area contributed by atoms with Gasteiger partial charge in [-0.3, -0.25) is 0 Å². The molecule has 3 nitrogen and oxygen atoms in total. The lowest BCUT2D eigenvalue weighted by molar-refractivity contribution is 0.409. The van der Waals surface area contributed by atoms with Gasteiger partial charge in [0.1, 0.15) is 0 Å². The van der Waals surface area contributed by atoms with E-state index >= 15 is 0 Å². The Bertz CT molecular complexity index is 433. The number of fused-ring (bicyclic) bond motifs is 1. The van der Waals surface area contributed by atoms with Crippen LogP contribution in [0.4, 0.5) is 5.69 Å². The molecule has 0 aliphatic carbocycles. The lowest BCUT2D eigenvalue weighted by atomic mass is 10.1. The van der Waals surface area contributed by atoms with Gasteiger partial charge >= 0.3 is 0 Å². The van der Waals surface area contributed by atoms with E-state index in [-0.39, 0.29) is 0 Å². The Morgan fingerprint density at radius 3 is 2.67 bits per heavy atom. The number of hydrogen-bond donors (Lipinski definition) is 0. The number of para-hydroxylation sites is 1. The van der Waals surface area contributed by atoms with Gasteiger partial charge in [-0.1, -0.05) is 18.2 Å². The number of methoxy groups -OCH3 is 1. The molecule has 1 aliphatic rings. The minimum Gasteiger partial charge on any atom is -0.480 e. The quantitative estimate of drug-likeness (QED) is 0.698. The molecule has 0 saturated heterocycles. The Hall–Kier alpha value is -1.77. The van der Waals surface area contributed by atoms with Crippen LogP contribution in [0.3, 0.4) is 0 Å². The van der Waals surface area contributed by atoms with Gasteiger partial charge < -0.3 is 9.64 Å². The zero-order valence-electron chi connectivity index (χ0n) is 9.19. The van der Waals surface area contributed by atoms with Crippen LogP contribution in [0.25, 0.3) is 5.57 Å². The molecule has 0 bridgehead atoms. The van der Waals surface area contributed by atoms with Crippen molar-refractivity contribution in [1.29, 1.82) is 0 Å².